The van der Waals surface area contributed by atoms with Gasteiger partial charge in [0.2, 0.25) is 0 Å². The Balaban J connectivity index is -0.000000155. The van der Waals surface area contributed by atoms with Gasteiger partial charge in [-0.1, -0.05) is 0 Å². The molecule has 0 aliphatic carbocycles. The summed E-state index contributed by atoms with van der Waals surface area (Å²) < 4.78 is 0. The van der Waals surface area contributed by atoms with Crippen molar-refractivity contribution in [2.75, 3.05) is 26.2 Å². The van der Waals surface area contributed by atoms with E-state index in [1.54, 1.807) is 0 Å². The van der Waals surface area contributed by atoms with Crippen molar-refractivity contribution >= 4 is 11.9 Å². The van der Waals surface area contributed by atoms with Crippen molar-refractivity contribution in [3.05, 3.63) is 0 Å². The van der Waals surface area contributed by atoms with Crippen molar-refractivity contribution in [1.29, 1.82) is 0 Å². The summed E-state index contributed by atoms with van der Waals surface area (Å²) >= 11 is 0. The predicted octanol–water partition coefficient (Wildman–Crippen LogP) is -1.32. The summed E-state index contributed by atoms with van der Waals surface area (Å²) in [6, 6.07) is 0. The quantitative estimate of drug-likeness (QED) is 0.372. The SMILES string of the molecule is CC(=O)O.CC(=O)O.NCCNCCN. The first-order valence-corrected chi connectivity index (χ1v) is 4.38. The van der Waals surface area contributed by atoms with Crippen molar-refractivity contribution in [3.63, 3.8) is 0 Å². The van der Waals surface area contributed by atoms with Gasteiger partial charge in [0, 0.05) is 40.0 Å². The zero-order valence-corrected chi connectivity index (χ0v) is 9.19. The number of nitrogens with one attached hydrogen (secondary N) is 1. The highest BCUT2D eigenvalue weighted by Gasteiger charge is 1.76. The number of hydrogen-bond donors (Lipinski definition) is 5. The summed E-state index contributed by atoms with van der Waals surface area (Å²) in [4.78, 5) is 18.0. The van der Waals surface area contributed by atoms with Crippen LogP contribution in [0.3, 0.4) is 0 Å². The number of carboxylic acid groups (broad SMARTS) is 2. The lowest BCUT2D eigenvalue weighted by atomic mass is 10.6. The highest BCUT2D eigenvalue weighted by molar-refractivity contribution is 5.63. The summed E-state index contributed by atoms with van der Waals surface area (Å²) in [7, 11) is 0. The van der Waals surface area contributed by atoms with Crippen molar-refractivity contribution in [2.45, 2.75) is 13.8 Å². The first-order valence-electron chi connectivity index (χ1n) is 4.38. The van der Waals surface area contributed by atoms with Crippen molar-refractivity contribution < 1.29 is 19.8 Å². The zero-order valence-electron chi connectivity index (χ0n) is 9.19. The topological polar surface area (TPSA) is 139 Å². The lowest BCUT2D eigenvalue weighted by molar-refractivity contribution is -0.135. The standard InChI is InChI=1S/C4H13N3.2C2H4O2/c5-1-3-7-4-2-6;2*1-2(3)4/h7H,1-6H2;2*1H3,(H,3,4). The summed E-state index contributed by atoms with van der Waals surface area (Å²) in [5.41, 5.74) is 10.3. The van der Waals surface area contributed by atoms with Crippen LogP contribution in [-0.2, 0) is 9.59 Å². The molecule has 0 aromatic rings. The van der Waals surface area contributed by atoms with E-state index in [1.165, 1.54) is 0 Å². The molecule has 0 amide bonds. The Morgan fingerprint density at radius 2 is 1.20 bits per heavy atom. The largest absolute Gasteiger partial charge is 0.481 e. The fourth-order valence-electron chi connectivity index (χ4n) is 0.329. The Morgan fingerprint density at radius 3 is 1.33 bits per heavy atom. The van der Waals surface area contributed by atoms with E-state index >= 15 is 0 Å². The maximum absolute atomic E-state index is 9.00. The molecular formula is C8H21N3O4. The molecule has 7 heteroatoms. The van der Waals surface area contributed by atoms with Crippen molar-refractivity contribution in [3.8, 4) is 0 Å². The third kappa shape index (κ3) is 189. The van der Waals surface area contributed by atoms with Crippen LogP contribution in [0, 0.1) is 0 Å². The maximum Gasteiger partial charge on any atom is 0.300 e. The molecule has 0 aromatic heterocycles. The Kier molecular flexibility index (Phi) is 24.0. The Labute approximate surface area is 89.4 Å². The van der Waals surface area contributed by atoms with Gasteiger partial charge in [-0.2, -0.15) is 0 Å². The highest BCUT2D eigenvalue weighted by atomic mass is 16.4. The van der Waals surface area contributed by atoms with Gasteiger partial charge in [0.25, 0.3) is 11.9 Å². The second-order valence-electron chi connectivity index (χ2n) is 2.37. The Morgan fingerprint density at radius 1 is 1.00 bits per heavy atom. The fourth-order valence-corrected chi connectivity index (χ4v) is 0.329. The predicted molar refractivity (Wildman–Crippen MR) is 57.6 cm³/mol. The molecule has 7 N–H and O–H groups in total. The molecule has 15 heavy (non-hydrogen) atoms. The number of hydrogen-bond acceptors (Lipinski definition) is 5. The highest BCUT2D eigenvalue weighted by Crippen LogP contribution is 1.49. The molecule has 0 saturated carbocycles. The van der Waals surface area contributed by atoms with Crippen LogP contribution in [0.5, 0.6) is 0 Å². The summed E-state index contributed by atoms with van der Waals surface area (Å²) in [5.74, 6) is -1.67. The van der Waals surface area contributed by atoms with Gasteiger partial charge in [-0.25, -0.2) is 0 Å². The van der Waals surface area contributed by atoms with Crippen LogP contribution in [-0.4, -0.2) is 48.3 Å². The van der Waals surface area contributed by atoms with Gasteiger partial charge in [-0.3, -0.25) is 9.59 Å². The number of nitrogens with two attached hydrogens (primary N) is 2. The molecule has 0 unspecified atom stereocenters. The van der Waals surface area contributed by atoms with E-state index in [2.05, 4.69) is 5.32 Å². The fraction of sp³-hybridized carbons (Fsp3) is 0.750. The lowest BCUT2D eigenvalue weighted by Crippen LogP contribution is -2.27. The first kappa shape index (κ1) is 19.4. The minimum atomic E-state index is -0.833. The molecule has 0 saturated heterocycles. The van der Waals surface area contributed by atoms with Crippen LogP contribution >= 0.6 is 0 Å². The number of carbonyl (C=O) groups is 2. The van der Waals surface area contributed by atoms with Crippen LogP contribution in [0.15, 0.2) is 0 Å². The minimum Gasteiger partial charge on any atom is -0.481 e. The van der Waals surface area contributed by atoms with Gasteiger partial charge in [0.1, 0.15) is 0 Å². The van der Waals surface area contributed by atoms with Crippen molar-refractivity contribution in [2.24, 2.45) is 11.5 Å². The smallest absolute Gasteiger partial charge is 0.300 e. The molecule has 0 aliphatic heterocycles. The molecule has 92 valence electrons. The molecule has 0 aromatic carbocycles. The van der Waals surface area contributed by atoms with Gasteiger partial charge >= 0.3 is 0 Å². The average Bonchev–Trinajstić information content (AvgIpc) is 2.03. The van der Waals surface area contributed by atoms with E-state index in [1.807, 2.05) is 0 Å². The van der Waals surface area contributed by atoms with Crippen LogP contribution in [0.4, 0.5) is 0 Å². The van der Waals surface area contributed by atoms with E-state index < -0.39 is 11.9 Å². The molecule has 0 atom stereocenters. The molecule has 0 heterocycles. The number of aliphatic carboxylic acids is 2. The zero-order chi connectivity index (χ0) is 12.7. The molecule has 0 aliphatic rings. The molecule has 7 nitrogen and oxygen atoms in total. The molecule has 0 spiro atoms. The second kappa shape index (κ2) is 18.6. The minimum absolute atomic E-state index is 0.694. The van der Waals surface area contributed by atoms with Crippen LogP contribution in [0.25, 0.3) is 0 Å². The molecule has 0 fully saturated rings. The first-order chi connectivity index (χ1) is 6.88. The van der Waals surface area contributed by atoms with E-state index in [4.69, 9.17) is 31.3 Å². The molecule has 0 rings (SSSR count). The summed E-state index contributed by atoms with van der Waals surface area (Å²) in [5, 5.41) is 17.9. The van der Waals surface area contributed by atoms with Gasteiger partial charge in [0.15, 0.2) is 0 Å². The van der Waals surface area contributed by atoms with Crippen LogP contribution < -0.4 is 16.8 Å². The summed E-state index contributed by atoms with van der Waals surface area (Å²) in [6.45, 7) is 5.30. The number of rotatable bonds is 4. The molecule has 0 radical (unpaired) electrons. The Bertz CT molecular complexity index is 129. The monoisotopic (exact) mass is 223 g/mol. The Hall–Kier alpha value is -1.18. The normalized spacial score (nSPS) is 7.73. The molecular weight excluding hydrogens is 202 g/mol. The van der Waals surface area contributed by atoms with Gasteiger partial charge in [-0.15, -0.1) is 0 Å². The van der Waals surface area contributed by atoms with E-state index in [-0.39, 0.29) is 0 Å². The summed E-state index contributed by atoms with van der Waals surface area (Å²) in [6.07, 6.45) is 0. The maximum atomic E-state index is 9.00. The third-order valence-corrected chi connectivity index (χ3v) is 0.642. The third-order valence-electron chi connectivity index (χ3n) is 0.642. The number of carboxylic acids is 2. The van der Waals surface area contributed by atoms with Gasteiger partial charge < -0.3 is 27.0 Å². The lowest BCUT2D eigenvalue weighted by Gasteiger charge is -1.95. The molecule has 0 bridgehead atoms. The van der Waals surface area contributed by atoms with E-state index in [0.29, 0.717) is 13.1 Å². The van der Waals surface area contributed by atoms with E-state index in [9.17, 15) is 0 Å². The second-order valence-corrected chi connectivity index (χ2v) is 2.37. The van der Waals surface area contributed by atoms with Crippen molar-refractivity contribution in [1.82, 2.24) is 5.32 Å². The van der Waals surface area contributed by atoms with Crippen LogP contribution in [0.2, 0.25) is 0 Å². The van der Waals surface area contributed by atoms with E-state index in [0.717, 1.165) is 26.9 Å². The van der Waals surface area contributed by atoms with Crippen LogP contribution in [0.1, 0.15) is 13.8 Å². The van der Waals surface area contributed by atoms with Gasteiger partial charge in [-0.05, 0) is 0 Å². The van der Waals surface area contributed by atoms with Gasteiger partial charge in [0.05, 0.1) is 0 Å². The average molecular weight is 223 g/mol.